The number of nitrogens with zero attached hydrogens (tertiary/aromatic N) is 5. The van der Waals surface area contributed by atoms with Crippen molar-refractivity contribution in [2.75, 3.05) is 0 Å². The Bertz CT molecular complexity index is 1370. The molecule has 0 saturated heterocycles. The van der Waals surface area contributed by atoms with E-state index in [0.717, 1.165) is 27.2 Å². The minimum absolute atomic E-state index is 0.179. The van der Waals surface area contributed by atoms with Crippen molar-refractivity contribution in [1.82, 2.24) is 29.9 Å². The number of hydrogen-bond donors (Lipinski definition) is 1. The normalized spacial score (nSPS) is 11.2. The third-order valence-corrected chi connectivity index (χ3v) is 5.98. The van der Waals surface area contributed by atoms with E-state index in [9.17, 15) is 9.18 Å². The zero-order chi connectivity index (χ0) is 21.4. The predicted molar refractivity (Wildman–Crippen MR) is 116 cm³/mol. The van der Waals surface area contributed by atoms with Crippen LogP contribution in [0.2, 0.25) is 0 Å². The van der Waals surface area contributed by atoms with Crippen LogP contribution in [-0.4, -0.2) is 30.5 Å². The molecule has 0 bridgehead atoms. The molecule has 5 rings (SSSR count). The Balaban J connectivity index is 1.40. The average molecular weight is 432 g/mol. The number of benzene rings is 1. The maximum atomic E-state index is 13.3. The van der Waals surface area contributed by atoms with Crippen molar-refractivity contribution in [2.24, 2.45) is 0 Å². The molecule has 1 amide bonds. The molecule has 4 aromatic heterocycles. The van der Waals surface area contributed by atoms with Crippen molar-refractivity contribution in [1.29, 1.82) is 0 Å². The molecule has 1 aromatic carbocycles. The maximum Gasteiger partial charge on any atom is 0.261 e. The van der Waals surface area contributed by atoms with Gasteiger partial charge in [0.05, 0.1) is 16.3 Å². The van der Waals surface area contributed by atoms with Crippen molar-refractivity contribution >= 4 is 27.5 Å². The first-order valence-corrected chi connectivity index (χ1v) is 10.4. The lowest BCUT2D eigenvalue weighted by Crippen LogP contribution is -2.23. The smallest absolute Gasteiger partial charge is 0.261 e. The first-order valence-electron chi connectivity index (χ1n) is 9.57. The van der Waals surface area contributed by atoms with Gasteiger partial charge in [0.25, 0.3) is 5.91 Å². The van der Waals surface area contributed by atoms with Crippen LogP contribution in [0.5, 0.6) is 0 Å². The molecule has 4 heterocycles. The molecule has 0 saturated carbocycles. The van der Waals surface area contributed by atoms with Crippen LogP contribution in [0.1, 0.15) is 20.9 Å². The van der Waals surface area contributed by atoms with Crippen LogP contribution in [0.15, 0.2) is 67.1 Å². The minimum atomic E-state index is -0.306. The number of fused-ring (bicyclic) bond motifs is 1. The summed E-state index contributed by atoms with van der Waals surface area (Å²) in [5.41, 5.74) is 2.41. The topological polar surface area (TPSA) is 77.6 Å². The van der Waals surface area contributed by atoms with Gasteiger partial charge >= 0.3 is 0 Å². The molecule has 0 aliphatic carbocycles. The second-order valence-corrected chi connectivity index (χ2v) is 7.95. The van der Waals surface area contributed by atoms with Crippen LogP contribution in [0.4, 0.5) is 4.39 Å². The second kappa shape index (κ2) is 7.77. The molecule has 154 valence electrons. The number of hydrogen-bond acceptors (Lipinski definition) is 5. The Morgan fingerprint density at radius 1 is 1.16 bits per heavy atom. The van der Waals surface area contributed by atoms with E-state index in [2.05, 4.69) is 20.5 Å². The lowest BCUT2D eigenvalue weighted by molar-refractivity contribution is 0.0955. The molecule has 0 unspecified atom stereocenters. The van der Waals surface area contributed by atoms with E-state index in [1.54, 1.807) is 33.9 Å². The Morgan fingerprint density at radius 2 is 2.00 bits per heavy atom. The zero-order valence-corrected chi connectivity index (χ0v) is 17.3. The number of carbonyl (C=O) groups is 1. The Hall–Kier alpha value is -3.85. The highest BCUT2D eigenvalue weighted by molar-refractivity contribution is 7.20. The summed E-state index contributed by atoms with van der Waals surface area (Å²) in [6.07, 6.45) is 5.18. The number of amides is 1. The van der Waals surface area contributed by atoms with Crippen molar-refractivity contribution in [3.05, 3.63) is 89.1 Å². The molecule has 0 fully saturated rings. The number of nitrogens with one attached hydrogen (secondary N) is 1. The Morgan fingerprint density at radius 3 is 2.77 bits per heavy atom. The molecule has 31 heavy (non-hydrogen) atoms. The highest BCUT2D eigenvalue weighted by Gasteiger charge is 2.18. The van der Waals surface area contributed by atoms with Crippen molar-refractivity contribution in [2.45, 2.75) is 13.5 Å². The van der Waals surface area contributed by atoms with Gasteiger partial charge in [0.15, 0.2) is 5.82 Å². The molecule has 0 spiro atoms. The monoisotopic (exact) mass is 432 g/mol. The lowest BCUT2D eigenvalue weighted by atomic mass is 10.2. The molecule has 0 atom stereocenters. The number of pyridine rings is 1. The number of aromatic nitrogens is 5. The first-order chi connectivity index (χ1) is 15.1. The van der Waals surface area contributed by atoms with Crippen molar-refractivity contribution in [3.63, 3.8) is 0 Å². The molecule has 0 aliphatic heterocycles. The quantitative estimate of drug-likeness (QED) is 0.455. The minimum Gasteiger partial charge on any atom is -0.347 e. The predicted octanol–water partition coefficient (Wildman–Crippen LogP) is 4.05. The SMILES string of the molecule is Cc1nn(-c2ccc(F)cc2)c2sc(C(=O)NCc3cccnc3-n3cccn3)cc12. The molecule has 5 aromatic rings. The molecular formula is C22H17FN6OS. The molecule has 0 radical (unpaired) electrons. The van der Waals surface area contributed by atoms with Crippen molar-refractivity contribution < 1.29 is 9.18 Å². The van der Waals surface area contributed by atoms with Crippen LogP contribution in [0.25, 0.3) is 21.7 Å². The first kappa shape index (κ1) is 19.1. The standard InChI is InChI=1S/C22H17FN6OS/c1-14-18-12-19(31-22(18)29(27-14)17-7-5-16(23)6-8-17)21(30)25-13-15-4-2-9-24-20(15)28-11-3-10-26-28/h2-12H,13H2,1H3,(H,25,30). The van der Waals surface area contributed by atoms with Crippen LogP contribution in [-0.2, 0) is 6.54 Å². The lowest BCUT2D eigenvalue weighted by Gasteiger charge is -2.09. The molecule has 0 aliphatic rings. The third kappa shape index (κ3) is 3.59. The Labute approximate surface area is 180 Å². The molecule has 9 heteroatoms. The van der Waals surface area contributed by atoms with Gasteiger partial charge in [0.2, 0.25) is 0 Å². The number of halogens is 1. The number of aryl methyl sites for hydroxylation is 1. The Kier molecular flexibility index (Phi) is 4.79. The van der Waals surface area contributed by atoms with Gasteiger partial charge in [-0.05, 0) is 49.4 Å². The van der Waals surface area contributed by atoms with Crippen LogP contribution < -0.4 is 5.32 Å². The summed E-state index contributed by atoms with van der Waals surface area (Å²) in [4.78, 5) is 18.7. The van der Waals surface area contributed by atoms with E-state index in [0.29, 0.717) is 17.2 Å². The third-order valence-electron chi connectivity index (χ3n) is 4.87. The van der Waals surface area contributed by atoms with Crippen LogP contribution in [0, 0.1) is 12.7 Å². The fourth-order valence-electron chi connectivity index (χ4n) is 3.35. The fraction of sp³-hybridized carbons (Fsp3) is 0.0909. The van der Waals surface area contributed by atoms with Crippen LogP contribution >= 0.6 is 11.3 Å². The zero-order valence-electron chi connectivity index (χ0n) is 16.5. The van der Waals surface area contributed by atoms with Gasteiger partial charge in [-0.3, -0.25) is 4.79 Å². The number of carbonyl (C=O) groups excluding carboxylic acids is 1. The van der Waals surface area contributed by atoms with E-state index in [-0.39, 0.29) is 11.7 Å². The summed E-state index contributed by atoms with van der Waals surface area (Å²) in [5.74, 6) is 0.188. The van der Waals surface area contributed by atoms with Crippen LogP contribution in [0.3, 0.4) is 0 Å². The molecular weight excluding hydrogens is 415 g/mol. The average Bonchev–Trinajstić information content (AvgIpc) is 3.52. The highest BCUT2D eigenvalue weighted by atomic mass is 32.1. The summed E-state index contributed by atoms with van der Waals surface area (Å²) in [7, 11) is 0. The van der Waals surface area contributed by atoms with Crippen molar-refractivity contribution in [3.8, 4) is 11.5 Å². The highest BCUT2D eigenvalue weighted by Crippen LogP contribution is 2.30. The fourth-order valence-corrected chi connectivity index (χ4v) is 4.45. The molecule has 1 N–H and O–H groups in total. The van der Waals surface area contributed by atoms with Gasteiger partial charge < -0.3 is 5.32 Å². The summed E-state index contributed by atoms with van der Waals surface area (Å²) in [6.45, 7) is 2.21. The number of rotatable bonds is 5. The van der Waals surface area contributed by atoms with E-state index < -0.39 is 0 Å². The van der Waals surface area contributed by atoms with E-state index in [1.165, 1.54) is 23.5 Å². The van der Waals surface area contributed by atoms with E-state index in [4.69, 9.17) is 0 Å². The molecule has 7 nitrogen and oxygen atoms in total. The second-order valence-electron chi connectivity index (χ2n) is 6.92. The maximum absolute atomic E-state index is 13.3. The summed E-state index contributed by atoms with van der Waals surface area (Å²) in [6, 6.07) is 13.5. The van der Waals surface area contributed by atoms with Gasteiger partial charge in [-0.1, -0.05) is 6.07 Å². The van der Waals surface area contributed by atoms with Gasteiger partial charge in [0.1, 0.15) is 10.6 Å². The summed E-state index contributed by atoms with van der Waals surface area (Å²) in [5, 5.41) is 12.6. The van der Waals surface area contributed by atoms with E-state index in [1.807, 2.05) is 37.4 Å². The van der Waals surface area contributed by atoms with Gasteiger partial charge in [-0.2, -0.15) is 10.2 Å². The van der Waals surface area contributed by atoms with E-state index >= 15 is 0 Å². The number of thiophene rings is 1. The summed E-state index contributed by atoms with van der Waals surface area (Å²) < 4.78 is 16.7. The largest absolute Gasteiger partial charge is 0.347 e. The van der Waals surface area contributed by atoms with Gasteiger partial charge in [-0.15, -0.1) is 11.3 Å². The van der Waals surface area contributed by atoms with Gasteiger partial charge in [0, 0.05) is 36.1 Å². The van der Waals surface area contributed by atoms with Gasteiger partial charge in [-0.25, -0.2) is 18.7 Å². The summed E-state index contributed by atoms with van der Waals surface area (Å²) >= 11 is 1.35.